The summed E-state index contributed by atoms with van der Waals surface area (Å²) < 4.78 is 11.2. The average Bonchev–Trinajstić information content (AvgIpc) is 1.67. The zero-order valence-electron chi connectivity index (χ0n) is 6.23. The molecule has 1 nitrogen and oxygen atoms in total. The van der Waals surface area contributed by atoms with Crippen LogP contribution < -0.4 is 0 Å². The van der Waals surface area contributed by atoms with Crippen molar-refractivity contribution in [1.82, 2.24) is 0 Å². The Kier molecular flexibility index (Phi) is 3.35. The molecule has 0 aliphatic carbocycles. The van der Waals surface area contributed by atoms with Gasteiger partial charge in [-0.25, -0.2) is 0 Å². The number of hydrogen-bond donors (Lipinski definition) is 1. The molecule has 8 heavy (non-hydrogen) atoms. The van der Waals surface area contributed by atoms with Gasteiger partial charge in [0.2, 0.25) is 0 Å². The van der Waals surface area contributed by atoms with Crippen molar-refractivity contribution in [1.29, 1.82) is 0 Å². The van der Waals surface area contributed by atoms with Crippen molar-refractivity contribution in [3.8, 4) is 0 Å². The number of hydrogen-bond acceptors (Lipinski definition) is 1. The first-order valence-electron chi connectivity index (χ1n) is 3.23. The maximum atomic E-state index is 9.61. The zero-order chi connectivity index (χ0) is 6.78. The fourth-order valence-electron chi connectivity index (χ4n) is 0.408. The second-order valence-electron chi connectivity index (χ2n) is 2.87. The molecule has 1 unspecified atom stereocenters. The van der Waals surface area contributed by atoms with Gasteiger partial charge < -0.3 is 0 Å². The van der Waals surface area contributed by atoms with Gasteiger partial charge in [0.15, 0.2) is 0 Å². The molecule has 0 fully saturated rings. The summed E-state index contributed by atoms with van der Waals surface area (Å²) in [7, 11) is 0. The molecule has 0 aromatic carbocycles. The first-order chi connectivity index (χ1) is 3.50. The van der Waals surface area contributed by atoms with Gasteiger partial charge in [-0.3, -0.25) is 0 Å². The van der Waals surface area contributed by atoms with Gasteiger partial charge in [0.25, 0.3) is 0 Å². The summed E-state index contributed by atoms with van der Waals surface area (Å²) in [6.07, 6.45) is 0. The summed E-state index contributed by atoms with van der Waals surface area (Å²) in [6, 6.07) is 0. The first-order valence-corrected chi connectivity index (χ1v) is 11.0. The van der Waals surface area contributed by atoms with Crippen LogP contribution in [0.1, 0.15) is 20.8 Å². The van der Waals surface area contributed by atoms with E-state index < -0.39 is 18.8 Å². The Balaban J connectivity index is 3.71. The average molecular weight is 223 g/mol. The summed E-state index contributed by atoms with van der Waals surface area (Å²) in [5.41, 5.74) is 0. The predicted molar refractivity (Wildman–Crippen MR) is 39.4 cm³/mol. The van der Waals surface area contributed by atoms with Crippen molar-refractivity contribution < 1.29 is 3.44 Å². The molecule has 0 aliphatic heterocycles. The Labute approximate surface area is 56.5 Å². The molecule has 0 radical (unpaired) electrons. The molecule has 0 heterocycles. The van der Waals surface area contributed by atoms with E-state index >= 15 is 0 Å². The van der Waals surface area contributed by atoms with Crippen LogP contribution in [0, 0.1) is 0 Å². The van der Waals surface area contributed by atoms with Gasteiger partial charge in [-0.15, -0.1) is 0 Å². The molecule has 0 rings (SSSR count). The topological polar surface area (TPSA) is 20.2 Å². The molecular weight excluding hydrogens is 207 g/mol. The molecule has 1 atom stereocenters. The standard InChI is InChI=1S/C3H7.C2H5.CH3.H2O.Sn/c1-3-2;1-2;;;/h3H,1-2H3;1H2,2H3;1H3;1H2;/q;;;;+1/p-1. The molecule has 0 amide bonds. The van der Waals surface area contributed by atoms with Crippen molar-refractivity contribution in [2.45, 2.75) is 34.1 Å². The summed E-state index contributed by atoms with van der Waals surface area (Å²) in [4.78, 5) is 2.08. The van der Waals surface area contributed by atoms with Gasteiger partial charge in [-0.2, -0.15) is 0 Å². The van der Waals surface area contributed by atoms with E-state index in [0.29, 0.717) is 3.93 Å². The molecule has 0 saturated carbocycles. The predicted octanol–water partition coefficient (Wildman–Crippen LogP) is 1.98. The Bertz CT molecular complexity index is 68.9. The van der Waals surface area contributed by atoms with Crippen LogP contribution in [0.15, 0.2) is 0 Å². The quantitative estimate of drug-likeness (QED) is 0.709. The Morgan fingerprint density at radius 2 is 1.88 bits per heavy atom. The molecule has 0 aromatic rings. The third kappa shape index (κ3) is 2.35. The second-order valence-corrected chi connectivity index (χ2v) is 15.9. The first kappa shape index (κ1) is 8.76. The van der Waals surface area contributed by atoms with E-state index in [1.54, 1.807) is 0 Å². The monoisotopic (exact) mass is 224 g/mol. The SMILES string of the molecule is C[CH2][Sn]([CH3])([OH])[CH](C)C. The van der Waals surface area contributed by atoms with Crippen LogP contribution in [0.3, 0.4) is 0 Å². The Hall–Kier alpha value is 0.759. The summed E-state index contributed by atoms with van der Waals surface area (Å²) in [5, 5.41) is 0. The fraction of sp³-hybridized carbons (Fsp3) is 1.00. The van der Waals surface area contributed by atoms with Crippen molar-refractivity contribution in [3.63, 3.8) is 0 Å². The van der Waals surface area contributed by atoms with E-state index in [4.69, 9.17) is 0 Å². The van der Waals surface area contributed by atoms with Gasteiger partial charge >= 0.3 is 56.3 Å². The normalized spacial score (nSPS) is 18.8. The van der Waals surface area contributed by atoms with E-state index in [0.717, 1.165) is 4.44 Å². The van der Waals surface area contributed by atoms with Crippen LogP contribution in [0.5, 0.6) is 0 Å². The Morgan fingerprint density at radius 3 is 1.88 bits per heavy atom. The minimum atomic E-state index is -2.42. The van der Waals surface area contributed by atoms with Crippen LogP contribution in [-0.2, 0) is 0 Å². The third-order valence-corrected chi connectivity index (χ3v) is 13.1. The van der Waals surface area contributed by atoms with Crippen LogP contribution >= 0.6 is 0 Å². The minimum absolute atomic E-state index is 0.578. The van der Waals surface area contributed by atoms with Gasteiger partial charge in [-0.1, -0.05) is 0 Å². The summed E-state index contributed by atoms with van der Waals surface area (Å²) >= 11 is -2.42. The maximum absolute atomic E-state index is 9.61. The van der Waals surface area contributed by atoms with Gasteiger partial charge in [0.05, 0.1) is 0 Å². The molecule has 0 aromatic heterocycles. The molecular formula is C6H16OSn. The van der Waals surface area contributed by atoms with E-state index in [-0.39, 0.29) is 0 Å². The van der Waals surface area contributed by atoms with Gasteiger partial charge in [-0.05, 0) is 0 Å². The second kappa shape index (κ2) is 3.06. The van der Waals surface area contributed by atoms with Crippen LogP contribution in [0.4, 0.5) is 0 Å². The van der Waals surface area contributed by atoms with Crippen molar-refractivity contribution in [2.24, 2.45) is 0 Å². The van der Waals surface area contributed by atoms with Crippen LogP contribution in [0.25, 0.3) is 0 Å². The van der Waals surface area contributed by atoms with Crippen molar-refractivity contribution in [3.05, 3.63) is 0 Å². The molecule has 0 bridgehead atoms. The molecule has 0 spiro atoms. The van der Waals surface area contributed by atoms with Crippen molar-refractivity contribution in [2.75, 3.05) is 0 Å². The summed E-state index contributed by atoms with van der Waals surface area (Å²) in [6.45, 7) is 6.34. The third-order valence-electron chi connectivity index (χ3n) is 1.96. The molecule has 1 N–H and O–H groups in total. The Morgan fingerprint density at radius 1 is 1.50 bits per heavy atom. The summed E-state index contributed by atoms with van der Waals surface area (Å²) in [5.74, 6) is 0. The molecule has 0 aliphatic rings. The molecule has 0 saturated heterocycles. The van der Waals surface area contributed by atoms with Gasteiger partial charge in [0, 0.05) is 0 Å². The fourth-order valence-corrected chi connectivity index (χ4v) is 2.74. The molecule has 50 valence electrons. The zero-order valence-corrected chi connectivity index (χ0v) is 9.09. The van der Waals surface area contributed by atoms with E-state index in [9.17, 15) is 3.44 Å². The van der Waals surface area contributed by atoms with Crippen LogP contribution in [-0.4, -0.2) is 22.2 Å². The van der Waals surface area contributed by atoms with Gasteiger partial charge in [0.1, 0.15) is 0 Å². The van der Waals surface area contributed by atoms with Crippen LogP contribution in [0.2, 0.25) is 13.3 Å². The van der Waals surface area contributed by atoms with E-state index in [2.05, 4.69) is 25.7 Å². The van der Waals surface area contributed by atoms with E-state index in [1.807, 2.05) is 0 Å². The van der Waals surface area contributed by atoms with E-state index in [1.165, 1.54) is 0 Å². The van der Waals surface area contributed by atoms with Crippen molar-refractivity contribution >= 4 is 18.8 Å². The number of rotatable bonds is 2. The molecule has 2 heteroatoms.